The summed E-state index contributed by atoms with van der Waals surface area (Å²) in [4.78, 5) is 0. The van der Waals surface area contributed by atoms with Crippen LogP contribution in [0.15, 0.2) is 0 Å². The Balaban J connectivity index is 3.22. The molecule has 0 bridgehead atoms. The van der Waals surface area contributed by atoms with Crippen molar-refractivity contribution < 1.29 is 0 Å². The molecule has 0 rings (SSSR count). The lowest BCUT2D eigenvalue weighted by atomic mass is 10.1. The van der Waals surface area contributed by atoms with Gasteiger partial charge in [0.2, 0.25) is 0 Å². The molecule has 2 unspecified atom stereocenters. The number of hydrogen-bond acceptors (Lipinski definition) is 0. The second kappa shape index (κ2) is 21.0. The maximum Gasteiger partial charge on any atom is 0.00921 e. The van der Waals surface area contributed by atoms with Crippen LogP contribution in [0.5, 0.6) is 0 Å². The first kappa shape index (κ1) is 22.0. The molecule has 2 atom stereocenters. The summed E-state index contributed by atoms with van der Waals surface area (Å²) < 4.78 is 0. The molecule has 0 spiro atoms. The van der Waals surface area contributed by atoms with Crippen molar-refractivity contribution in [1.82, 2.24) is 0 Å². The zero-order valence-electron chi connectivity index (χ0n) is 14.9. The zero-order valence-corrected chi connectivity index (χ0v) is 16.9. The summed E-state index contributed by atoms with van der Waals surface area (Å²) in [5.41, 5.74) is 6.60. The van der Waals surface area contributed by atoms with Crippen molar-refractivity contribution in [3.8, 4) is 23.2 Å². The van der Waals surface area contributed by atoms with Crippen molar-refractivity contribution in [2.45, 2.75) is 104 Å². The second-order valence-electron chi connectivity index (χ2n) is 5.89. The molecular weight excluding hydrogens is 302 g/mol. The van der Waals surface area contributed by atoms with E-state index in [-0.39, 0.29) is 0 Å². The first-order valence-corrected chi connectivity index (χ1v) is 12.4. The van der Waals surface area contributed by atoms with E-state index in [0.29, 0.717) is 0 Å². The smallest absolute Gasteiger partial charge is 0.00921 e. The Hall–Kier alpha value is -0.0200. The Morgan fingerprint density at radius 3 is 1.27 bits per heavy atom. The lowest BCUT2D eigenvalue weighted by molar-refractivity contribution is 0.614. The van der Waals surface area contributed by atoms with E-state index in [0.717, 1.165) is 29.4 Å². The Morgan fingerprint density at radius 2 is 0.864 bits per heavy atom. The first-order valence-electron chi connectivity index (χ1n) is 9.37. The Kier molecular flexibility index (Phi) is 21.0. The molecule has 22 heavy (non-hydrogen) atoms. The highest BCUT2D eigenvalue weighted by Crippen LogP contribution is 2.33. The molecule has 0 heterocycles. The van der Waals surface area contributed by atoms with Crippen LogP contribution in [0.4, 0.5) is 0 Å². The summed E-state index contributed by atoms with van der Waals surface area (Å²) in [6.07, 6.45) is 18.5. The summed E-state index contributed by atoms with van der Waals surface area (Å²) in [6, 6.07) is 0. The Morgan fingerprint density at radius 1 is 0.500 bits per heavy atom. The quantitative estimate of drug-likeness (QED) is 0.183. The van der Waals surface area contributed by atoms with Gasteiger partial charge < -0.3 is 0 Å². The topological polar surface area (TPSA) is 0 Å². The average molecular weight is 338 g/mol. The molecule has 0 saturated heterocycles. The molecule has 126 valence electrons. The number of unbranched alkanes of at least 4 members (excludes halogenated alkanes) is 12. The van der Waals surface area contributed by atoms with E-state index in [1.807, 2.05) is 0 Å². The third-order valence-electron chi connectivity index (χ3n) is 3.67. The first-order chi connectivity index (χ1) is 10.9. The molecule has 0 aliphatic carbocycles. The van der Waals surface area contributed by atoms with Crippen molar-refractivity contribution in [2.24, 2.45) is 0 Å². The monoisotopic (exact) mass is 338 g/mol. The maximum atomic E-state index is 3.31. The molecule has 0 aromatic rings. The fraction of sp³-hybridized carbons (Fsp3) is 0.800. The van der Waals surface area contributed by atoms with E-state index in [2.05, 4.69) is 37.0 Å². The fourth-order valence-corrected chi connectivity index (χ4v) is 3.72. The van der Waals surface area contributed by atoms with Crippen LogP contribution in [0.1, 0.15) is 104 Å². The number of rotatable bonds is 13. The molecule has 0 aromatic carbocycles. The summed E-state index contributed by atoms with van der Waals surface area (Å²) >= 11 is 0. The normalized spacial score (nSPS) is 10.8. The van der Waals surface area contributed by atoms with E-state index in [9.17, 15) is 0 Å². The van der Waals surface area contributed by atoms with Crippen LogP contribution in [0, 0.1) is 23.2 Å². The molecule has 0 N–H and O–H groups in total. The molecule has 2 heteroatoms. The van der Waals surface area contributed by atoms with Crippen molar-refractivity contribution in [2.75, 3.05) is 0 Å². The van der Waals surface area contributed by atoms with E-state index in [4.69, 9.17) is 0 Å². The van der Waals surface area contributed by atoms with Gasteiger partial charge in [-0.1, -0.05) is 101 Å². The standard InChI is InChI=1S/C20H36P2/c1-3-5-7-9-11-13-15-17-19-21-22-20-18-16-14-12-10-8-6-4-2/h21-22H,3-16H2,1-2H3. The van der Waals surface area contributed by atoms with Gasteiger partial charge in [-0.25, -0.2) is 0 Å². The highest BCUT2D eigenvalue weighted by Gasteiger charge is 1.88. The van der Waals surface area contributed by atoms with E-state index in [1.165, 1.54) is 77.0 Å². The van der Waals surface area contributed by atoms with Gasteiger partial charge in [0, 0.05) is 12.8 Å². The van der Waals surface area contributed by atoms with E-state index in [1.54, 1.807) is 0 Å². The maximum absolute atomic E-state index is 3.31. The van der Waals surface area contributed by atoms with Crippen LogP contribution >= 0.6 is 16.5 Å². The molecule has 0 aromatic heterocycles. The van der Waals surface area contributed by atoms with Gasteiger partial charge >= 0.3 is 0 Å². The van der Waals surface area contributed by atoms with Crippen LogP contribution in [-0.4, -0.2) is 0 Å². The molecule has 0 aliphatic rings. The van der Waals surface area contributed by atoms with Crippen molar-refractivity contribution in [3.05, 3.63) is 0 Å². The highest BCUT2D eigenvalue weighted by molar-refractivity contribution is 8.16. The van der Waals surface area contributed by atoms with Gasteiger partial charge in [0.1, 0.15) is 0 Å². The summed E-state index contributed by atoms with van der Waals surface area (Å²) in [5.74, 6) is 6.62. The molecule has 0 nitrogen and oxygen atoms in total. The van der Waals surface area contributed by atoms with E-state index < -0.39 is 0 Å². The predicted octanol–water partition coefficient (Wildman–Crippen LogP) is 7.68. The van der Waals surface area contributed by atoms with Crippen molar-refractivity contribution in [1.29, 1.82) is 0 Å². The average Bonchev–Trinajstić information content (AvgIpc) is 2.54. The van der Waals surface area contributed by atoms with Gasteiger partial charge in [0.05, 0.1) is 0 Å². The van der Waals surface area contributed by atoms with Gasteiger partial charge in [0.15, 0.2) is 0 Å². The van der Waals surface area contributed by atoms with Gasteiger partial charge in [-0.05, 0) is 29.4 Å². The number of hydrogen-bond donors (Lipinski definition) is 0. The Bertz CT molecular complexity index is 293. The minimum Gasteiger partial charge on any atom is -0.0986 e. The molecular formula is C20H36P2. The second-order valence-corrected chi connectivity index (χ2v) is 8.39. The Labute approximate surface area is 143 Å². The predicted molar refractivity (Wildman–Crippen MR) is 108 cm³/mol. The van der Waals surface area contributed by atoms with Gasteiger partial charge in [-0.15, -0.1) is 0 Å². The fourth-order valence-electron chi connectivity index (χ4n) is 2.26. The van der Waals surface area contributed by atoms with Gasteiger partial charge in [-0.3, -0.25) is 0 Å². The third-order valence-corrected chi connectivity index (χ3v) is 5.53. The largest absolute Gasteiger partial charge is 0.0986 e. The summed E-state index contributed by atoms with van der Waals surface area (Å²) in [5, 5.41) is 0. The van der Waals surface area contributed by atoms with Crippen LogP contribution in [-0.2, 0) is 0 Å². The summed E-state index contributed by atoms with van der Waals surface area (Å²) in [6.45, 7) is 4.54. The lowest BCUT2D eigenvalue weighted by Gasteiger charge is -1.96. The van der Waals surface area contributed by atoms with E-state index >= 15 is 0 Å². The SMILES string of the molecule is CCCCCCCCC#CPPC#CCCCCCCCC. The summed E-state index contributed by atoms with van der Waals surface area (Å²) in [7, 11) is 1.50. The highest BCUT2D eigenvalue weighted by atomic mass is 32.0. The van der Waals surface area contributed by atoms with Crippen LogP contribution < -0.4 is 0 Å². The lowest BCUT2D eigenvalue weighted by Crippen LogP contribution is -1.77. The molecule has 0 amide bonds. The zero-order chi connectivity index (χ0) is 16.1. The molecule has 0 aliphatic heterocycles. The molecule has 0 fully saturated rings. The van der Waals surface area contributed by atoms with Crippen LogP contribution in [0.25, 0.3) is 0 Å². The third kappa shape index (κ3) is 20.0. The van der Waals surface area contributed by atoms with Gasteiger partial charge in [0.25, 0.3) is 0 Å². The minimum atomic E-state index is 0.750. The van der Waals surface area contributed by atoms with Crippen molar-refractivity contribution in [3.63, 3.8) is 0 Å². The van der Waals surface area contributed by atoms with Crippen molar-refractivity contribution >= 4 is 16.5 Å². The minimum absolute atomic E-state index is 0.750. The van der Waals surface area contributed by atoms with Crippen LogP contribution in [0.3, 0.4) is 0 Å². The molecule has 0 saturated carbocycles. The van der Waals surface area contributed by atoms with Gasteiger partial charge in [-0.2, -0.15) is 0 Å². The van der Waals surface area contributed by atoms with Crippen LogP contribution in [0.2, 0.25) is 0 Å². The molecule has 0 radical (unpaired) electrons.